The van der Waals surface area contributed by atoms with Crippen LogP contribution in [0.15, 0.2) is 11.6 Å². The molecule has 0 aliphatic rings. The van der Waals surface area contributed by atoms with Gasteiger partial charge in [0.1, 0.15) is 6.29 Å². The molecule has 0 aliphatic heterocycles. The largest absolute Gasteiger partial charge is 0.393 e. The molecule has 1 unspecified atom stereocenters. The summed E-state index contributed by atoms with van der Waals surface area (Å²) in [6, 6.07) is 0. The van der Waals surface area contributed by atoms with Crippen LogP contribution in [0.25, 0.3) is 0 Å². The maximum absolute atomic E-state index is 9.97. The monoisotopic (exact) mass is 128 g/mol. The van der Waals surface area contributed by atoms with Gasteiger partial charge in [-0.25, -0.2) is 0 Å². The topological polar surface area (TPSA) is 37.3 Å². The number of rotatable bonds is 3. The van der Waals surface area contributed by atoms with E-state index < -0.39 is 0 Å². The third-order valence-corrected chi connectivity index (χ3v) is 0.967. The second-order valence-electron chi connectivity index (χ2n) is 2.15. The Morgan fingerprint density at radius 1 is 1.78 bits per heavy atom. The molecule has 0 rings (SSSR count). The Bertz CT molecular complexity index is 114. The third-order valence-electron chi connectivity index (χ3n) is 0.967. The average molecular weight is 128 g/mol. The number of aldehydes is 1. The molecule has 0 amide bonds. The van der Waals surface area contributed by atoms with Crippen LogP contribution in [0.1, 0.15) is 20.3 Å². The summed E-state index contributed by atoms with van der Waals surface area (Å²) in [7, 11) is 0. The number of hydrogen-bond donors (Lipinski definition) is 1. The molecule has 0 spiro atoms. The number of aliphatic hydroxyl groups excluding tert-OH is 1. The number of aliphatic hydroxyl groups is 1. The quantitative estimate of drug-likeness (QED) is 0.453. The van der Waals surface area contributed by atoms with Gasteiger partial charge in [0.15, 0.2) is 0 Å². The lowest BCUT2D eigenvalue weighted by atomic mass is 10.2. The van der Waals surface area contributed by atoms with Gasteiger partial charge in [-0.2, -0.15) is 0 Å². The Morgan fingerprint density at radius 3 is 2.67 bits per heavy atom. The van der Waals surface area contributed by atoms with Gasteiger partial charge >= 0.3 is 0 Å². The highest BCUT2D eigenvalue weighted by Gasteiger charge is 1.90. The van der Waals surface area contributed by atoms with Crippen LogP contribution < -0.4 is 0 Å². The SMILES string of the molecule is C/C(C=O)=C\CC(C)O. The summed E-state index contributed by atoms with van der Waals surface area (Å²) in [5.74, 6) is 0. The molecule has 0 saturated carbocycles. The highest BCUT2D eigenvalue weighted by molar-refractivity contribution is 5.71. The van der Waals surface area contributed by atoms with E-state index in [-0.39, 0.29) is 6.10 Å². The molecule has 9 heavy (non-hydrogen) atoms. The van der Waals surface area contributed by atoms with Crippen LogP contribution in [-0.4, -0.2) is 17.5 Å². The zero-order chi connectivity index (χ0) is 7.28. The van der Waals surface area contributed by atoms with Crippen molar-refractivity contribution in [1.29, 1.82) is 0 Å². The Labute approximate surface area is 55.2 Å². The zero-order valence-electron chi connectivity index (χ0n) is 5.79. The molecule has 0 aromatic carbocycles. The summed E-state index contributed by atoms with van der Waals surface area (Å²) < 4.78 is 0. The lowest BCUT2D eigenvalue weighted by Gasteiger charge is -1.95. The standard InChI is InChI=1S/C7H12O2/c1-6(5-8)3-4-7(2)9/h3,5,7,9H,4H2,1-2H3/b6-3+. The molecule has 2 nitrogen and oxygen atoms in total. The molecule has 0 aromatic heterocycles. The Kier molecular flexibility index (Phi) is 3.97. The lowest BCUT2D eigenvalue weighted by Crippen LogP contribution is -1.96. The van der Waals surface area contributed by atoms with Gasteiger partial charge in [0.25, 0.3) is 0 Å². The van der Waals surface area contributed by atoms with E-state index in [4.69, 9.17) is 5.11 Å². The van der Waals surface area contributed by atoms with Gasteiger partial charge in [0.05, 0.1) is 6.10 Å². The molecule has 2 heteroatoms. The molecule has 0 aromatic rings. The van der Waals surface area contributed by atoms with Crippen LogP contribution >= 0.6 is 0 Å². The molecular weight excluding hydrogens is 116 g/mol. The van der Waals surface area contributed by atoms with Crippen molar-refractivity contribution in [1.82, 2.24) is 0 Å². The van der Waals surface area contributed by atoms with Gasteiger partial charge in [-0.05, 0) is 25.8 Å². The molecule has 0 radical (unpaired) electrons. The van der Waals surface area contributed by atoms with Crippen molar-refractivity contribution in [2.45, 2.75) is 26.4 Å². The minimum absolute atomic E-state index is 0.347. The second-order valence-corrected chi connectivity index (χ2v) is 2.15. The Morgan fingerprint density at radius 2 is 2.33 bits per heavy atom. The van der Waals surface area contributed by atoms with Crippen molar-refractivity contribution in [2.24, 2.45) is 0 Å². The van der Waals surface area contributed by atoms with E-state index in [0.29, 0.717) is 12.0 Å². The fraction of sp³-hybridized carbons (Fsp3) is 0.571. The van der Waals surface area contributed by atoms with E-state index in [1.165, 1.54) is 0 Å². The zero-order valence-corrected chi connectivity index (χ0v) is 5.79. The summed E-state index contributed by atoms with van der Waals surface area (Å²) in [5, 5.41) is 8.74. The van der Waals surface area contributed by atoms with Crippen LogP contribution in [0.5, 0.6) is 0 Å². The minimum atomic E-state index is -0.347. The van der Waals surface area contributed by atoms with Crippen LogP contribution in [0.2, 0.25) is 0 Å². The number of hydrogen-bond acceptors (Lipinski definition) is 2. The Balaban J connectivity index is 3.56. The van der Waals surface area contributed by atoms with Crippen molar-refractivity contribution in [3.05, 3.63) is 11.6 Å². The van der Waals surface area contributed by atoms with E-state index in [0.717, 1.165) is 6.29 Å². The molecule has 1 atom stereocenters. The fourth-order valence-corrected chi connectivity index (χ4v) is 0.405. The van der Waals surface area contributed by atoms with Crippen LogP contribution in [-0.2, 0) is 4.79 Å². The van der Waals surface area contributed by atoms with Gasteiger partial charge in [0, 0.05) is 0 Å². The summed E-state index contributed by atoms with van der Waals surface area (Å²) in [5.41, 5.74) is 0.677. The number of carbonyl (C=O) groups excluding carboxylic acids is 1. The normalized spacial score (nSPS) is 15.2. The first-order valence-electron chi connectivity index (χ1n) is 2.97. The van der Waals surface area contributed by atoms with E-state index in [1.807, 2.05) is 0 Å². The van der Waals surface area contributed by atoms with Crippen molar-refractivity contribution >= 4 is 6.29 Å². The van der Waals surface area contributed by atoms with Gasteiger partial charge in [-0.1, -0.05) is 6.08 Å². The molecule has 0 heterocycles. The highest BCUT2D eigenvalue weighted by atomic mass is 16.3. The lowest BCUT2D eigenvalue weighted by molar-refractivity contribution is -0.104. The molecule has 0 aliphatic carbocycles. The highest BCUT2D eigenvalue weighted by Crippen LogP contribution is 1.94. The summed E-state index contributed by atoms with van der Waals surface area (Å²) in [6.45, 7) is 3.41. The van der Waals surface area contributed by atoms with Crippen molar-refractivity contribution in [3.63, 3.8) is 0 Å². The summed E-state index contributed by atoms with van der Waals surface area (Å²) in [4.78, 5) is 9.97. The van der Waals surface area contributed by atoms with Gasteiger partial charge < -0.3 is 5.11 Å². The van der Waals surface area contributed by atoms with Crippen molar-refractivity contribution < 1.29 is 9.90 Å². The van der Waals surface area contributed by atoms with Gasteiger partial charge in [0.2, 0.25) is 0 Å². The van der Waals surface area contributed by atoms with E-state index in [9.17, 15) is 4.79 Å². The van der Waals surface area contributed by atoms with Crippen molar-refractivity contribution in [3.8, 4) is 0 Å². The minimum Gasteiger partial charge on any atom is -0.393 e. The van der Waals surface area contributed by atoms with Crippen LogP contribution in [0.4, 0.5) is 0 Å². The number of carbonyl (C=O) groups is 1. The molecule has 52 valence electrons. The predicted octanol–water partition coefficient (Wildman–Crippen LogP) is 0.903. The maximum Gasteiger partial charge on any atom is 0.145 e. The Hall–Kier alpha value is -0.630. The van der Waals surface area contributed by atoms with E-state index >= 15 is 0 Å². The first-order valence-corrected chi connectivity index (χ1v) is 2.97. The number of allylic oxidation sites excluding steroid dienone is 1. The molecule has 0 fully saturated rings. The molecular formula is C7H12O2. The first-order chi connectivity index (χ1) is 4.16. The molecule has 0 bridgehead atoms. The maximum atomic E-state index is 9.97. The molecule has 0 saturated heterocycles. The van der Waals surface area contributed by atoms with E-state index in [2.05, 4.69) is 0 Å². The summed E-state index contributed by atoms with van der Waals surface area (Å²) >= 11 is 0. The van der Waals surface area contributed by atoms with Crippen LogP contribution in [0.3, 0.4) is 0 Å². The van der Waals surface area contributed by atoms with Crippen LogP contribution in [0, 0.1) is 0 Å². The molecule has 1 N–H and O–H groups in total. The van der Waals surface area contributed by atoms with E-state index in [1.54, 1.807) is 19.9 Å². The third kappa shape index (κ3) is 5.24. The van der Waals surface area contributed by atoms with Gasteiger partial charge in [-0.15, -0.1) is 0 Å². The van der Waals surface area contributed by atoms with Gasteiger partial charge in [-0.3, -0.25) is 4.79 Å². The average Bonchev–Trinajstić information content (AvgIpc) is 1.83. The smallest absolute Gasteiger partial charge is 0.145 e. The predicted molar refractivity (Wildman–Crippen MR) is 36.1 cm³/mol. The summed E-state index contributed by atoms with van der Waals surface area (Å²) in [6.07, 6.45) is 2.71. The first kappa shape index (κ1) is 8.37. The fourth-order valence-electron chi connectivity index (χ4n) is 0.405. The van der Waals surface area contributed by atoms with Crippen molar-refractivity contribution in [2.75, 3.05) is 0 Å². The second kappa shape index (κ2) is 4.27.